The van der Waals surface area contributed by atoms with Crippen molar-refractivity contribution in [2.24, 2.45) is 10.7 Å². The molecule has 7 heteroatoms. The summed E-state index contributed by atoms with van der Waals surface area (Å²) in [5.74, 6) is 0.269. The minimum atomic E-state index is -0.493. The molecule has 2 N–H and O–H groups in total. The molecule has 1 aromatic heterocycles. The number of thioether (sulfide) groups is 1. The van der Waals surface area contributed by atoms with E-state index in [9.17, 15) is 4.39 Å². The summed E-state index contributed by atoms with van der Waals surface area (Å²) in [5.41, 5.74) is 8.10. The topological polar surface area (TPSA) is 69.7 Å². The van der Waals surface area contributed by atoms with Gasteiger partial charge in [0.2, 0.25) is 5.95 Å². The van der Waals surface area contributed by atoms with Gasteiger partial charge in [-0.05, 0) is 43.0 Å². The fourth-order valence-electron chi connectivity index (χ4n) is 3.15. The Morgan fingerprint density at radius 2 is 2.30 bits per heavy atom. The lowest BCUT2D eigenvalue weighted by Crippen LogP contribution is -2.27. The Morgan fingerprint density at radius 3 is 3.04 bits per heavy atom. The lowest BCUT2D eigenvalue weighted by molar-refractivity contribution is 0.0849. The number of aromatic nitrogens is 1. The van der Waals surface area contributed by atoms with E-state index < -0.39 is 5.95 Å². The third-order valence-corrected chi connectivity index (χ3v) is 5.02. The fraction of sp³-hybridized carbons (Fsp3) is 0.400. The molecule has 0 aliphatic carbocycles. The van der Waals surface area contributed by atoms with Crippen molar-refractivity contribution in [3.63, 3.8) is 0 Å². The number of fused-ring (bicyclic) bond motifs is 1. The smallest absolute Gasteiger partial charge is 0.220 e. The summed E-state index contributed by atoms with van der Waals surface area (Å²) >= 11 is 1.41. The van der Waals surface area contributed by atoms with Crippen molar-refractivity contribution in [3.8, 4) is 16.9 Å². The van der Waals surface area contributed by atoms with Crippen LogP contribution in [0.25, 0.3) is 11.1 Å². The van der Waals surface area contributed by atoms with Gasteiger partial charge < -0.3 is 15.2 Å². The first-order valence-electron chi connectivity index (χ1n) is 8.98. The minimum absolute atomic E-state index is 0.00781. The molecule has 0 saturated heterocycles. The van der Waals surface area contributed by atoms with Crippen LogP contribution in [0.3, 0.4) is 0 Å². The maximum atomic E-state index is 14.1. The molecule has 1 aliphatic rings. The maximum absolute atomic E-state index is 14.1. The van der Waals surface area contributed by atoms with Crippen LogP contribution in [-0.2, 0) is 4.74 Å². The van der Waals surface area contributed by atoms with Crippen molar-refractivity contribution in [1.82, 2.24) is 4.98 Å². The summed E-state index contributed by atoms with van der Waals surface area (Å²) in [6.45, 7) is 3.30. The van der Waals surface area contributed by atoms with E-state index in [2.05, 4.69) is 9.98 Å². The lowest BCUT2D eigenvalue weighted by Gasteiger charge is -2.31. The SMILES string of the molecule is CCOCC[C@H]1CC(N=C(N)SC)c2cc(-c3cccnc3F)ccc2O1. The fourth-order valence-corrected chi connectivity index (χ4v) is 3.39. The third-order valence-electron chi connectivity index (χ3n) is 4.50. The Kier molecular flexibility index (Phi) is 6.68. The van der Waals surface area contributed by atoms with E-state index in [1.54, 1.807) is 12.1 Å². The summed E-state index contributed by atoms with van der Waals surface area (Å²) in [5, 5.41) is 0.523. The Morgan fingerprint density at radius 1 is 1.44 bits per heavy atom. The number of aliphatic imine (C=N–C) groups is 1. The largest absolute Gasteiger partial charge is 0.490 e. The van der Waals surface area contributed by atoms with Gasteiger partial charge in [-0.1, -0.05) is 17.8 Å². The number of halogens is 1. The number of rotatable bonds is 6. The quantitative estimate of drug-likeness (QED) is 0.347. The van der Waals surface area contributed by atoms with Gasteiger partial charge in [-0.25, -0.2) is 4.98 Å². The number of pyridine rings is 1. The summed E-state index contributed by atoms with van der Waals surface area (Å²) in [6, 6.07) is 8.96. The first kappa shape index (κ1) is 19.6. The number of nitrogens with zero attached hydrogens (tertiary/aromatic N) is 2. The molecule has 1 aliphatic heterocycles. The number of benzene rings is 1. The van der Waals surface area contributed by atoms with E-state index in [-0.39, 0.29) is 12.1 Å². The van der Waals surface area contributed by atoms with Gasteiger partial charge >= 0.3 is 0 Å². The van der Waals surface area contributed by atoms with Crippen LogP contribution in [0.4, 0.5) is 4.39 Å². The Labute approximate surface area is 163 Å². The van der Waals surface area contributed by atoms with E-state index in [0.717, 1.165) is 23.3 Å². The highest BCUT2D eigenvalue weighted by molar-refractivity contribution is 8.13. The van der Waals surface area contributed by atoms with Crippen LogP contribution in [0.1, 0.15) is 31.4 Å². The summed E-state index contributed by atoms with van der Waals surface area (Å²) in [4.78, 5) is 8.40. The predicted molar refractivity (Wildman–Crippen MR) is 108 cm³/mol. The van der Waals surface area contributed by atoms with Gasteiger partial charge in [0.05, 0.1) is 12.6 Å². The molecular weight excluding hydrogens is 365 g/mol. The highest BCUT2D eigenvalue weighted by atomic mass is 32.2. The molecular formula is C20H24FN3O2S. The van der Waals surface area contributed by atoms with Crippen LogP contribution in [0.2, 0.25) is 0 Å². The van der Waals surface area contributed by atoms with Crippen molar-refractivity contribution < 1.29 is 13.9 Å². The van der Waals surface area contributed by atoms with E-state index in [1.165, 1.54) is 18.0 Å². The molecule has 3 rings (SSSR count). The summed E-state index contributed by atoms with van der Waals surface area (Å²) < 4.78 is 25.7. The van der Waals surface area contributed by atoms with Crippen molar-refractivity contribution in [2.75, 3.05) is 19.5 Å². The second-order valence-electron chi connectivity index (χ2n) is 6.24. The van der Waals surface area contributed by atoms with Crippen LogP contribution < -0.4 is 10.5 Å². The first-order valence-corrected chi connectivity index (χ1v) is 10.2. The molecule has 0 amide bonds. The van der Waals surface area contributed by atoms with Gasteiger partial charge in [0.1, 0.15) is 11.9 Å². The maximum Gasteiger partial charge on any atom is 0.220 e. The number of nitrogens with two attached hydrogens (primary N) is 1. The van der Waals surface area contributed by atoms with Crippen molar-refractivity contribution >= 4 is 16.9 Å². The molecule has 0 spiro atoms. The van der Waals surface area contributed by atoms with Gasteiger partial charge in [-0.3, -0.25) is 4.99 Å². The molecule has 2 heterocycles. The molecule has 144 valence electrons. The van der Waals surface area contributed by atoms with Gasteiger partial charge in [0.25, 0.3) is 0 Å². The highest BCUT2D eigenvalue weighted by Crippen LogP contribution is 2.40. The highest BCUT2D eigenvalue weighted by Gasteiger charge is 2.29. The van der Waals surface area contributed by atoms with Crippen molar-refractivity contribution in [1.29, 1.82) is 0 Å². The molecule has 0 fully saturated rings. The Hall–Kier alpha value is -2.12. The molecule has 1 unspecified atom stereocenters. The van der Waals surface area contributed by atoms with E-state index in [0.29, 0.717) is 30.4 Å². The van der Waals surface area contributed by atoms with Crippen LogP contribution in [0.5, 0.6) is 5.75 Å². The Bertz CT molecular complexity index is 816. The van der Waals surface area contributed by atoms with Crippen molar-refractivity contribution in [2.45, 2.75) is 31.9 Å². The molecule has 2 atom stereocenters. The number of ether oxygens (including phenoxy) is 2. The van der Waals surface area contributed by atoms with Gasteiger partial charge in [-0.15, -0.1) is 0 Å². The van der Waals surface area contributed by atoms with Crippen LogP contribution in [-0.4, -0.2) is 35.7 Å². The standard InChI is InChI=1S/C20H24FN3O2S/c1-3-25-10-8-14-12-17(24-20(22)27-2)16-11-13(6-7-18(16)26-14)15-5-4-9-23-19(15)21/h4-7,9,11,14,17H,3,8,10,12H2,1-2H3,(H2,22,24)/t14-,17?/m0/s1. The Balaban J connectivity index is 1.94. The minimum Gasteiger partial charge on any atom is -0.490 e. The second kappa shape index (κ2) is 9.19. The molecule has 0 saturated carbocycles. The first-order chi connectivity index (χ1) is 13.1. The molecule has 0 bridgehead atoms. The number of amidine groups is 1. The lowest BCUT2D eigenvalue weighted by atomic mass is 9.93. The zero-order valence-electron chi connectivity index (χ0n) is 15.5. The van der Waals surface area contributed by atoms with Crippen LogP contribution in [0.15, 0.2) is 41.5 Å². The average Bonchev–Trinajstić information content (AvgIpc) is 2.68. The van der Waals surface area contributed by atoms with E-state index in [1.807, 2.05) is 31.4 Å². The van der Waals surface area contributed by atoms with E-state index >= 15 is 0 Å². The molecule has 2 aromatic rings. The van der Waals surface area contributed by atoms with Crippen molar-refractivity contribution in [3.05, 3.63) is 48.0 Å². The summed E-state index contributed by atoms with van der Waals surface area (Å²) in [6.07, 6.45) is 4.84. The summed E-state index contributed by atoms with van der Waals surface area (Å²) in [7, 11) is 0. The monoisotopic (exact) mass is 389 g/mol. The van der Waals surface area contributed by atoms with Crippen LogP contribution in [0, 0.1) is 5.95 Å². The van der Waals surface area contributed by atoms with Gasteiger partial charge in [-0.2, -0.15) is 4.39 Å². The third kappa shape index (κ3) is 4.78. The molecule has 5 nitrogen and oxygen atoms in total. The zero-order chi connectivity index (χ0) is 19.2. The zero-order valence-corrected chi connectivity index (χ0v) is 16.3. The molecule has 1 aromatic carbocycles. The molecule has 27 heavy (non-hydrogen) atoms. The van der Waals surface area contributed by atoms with Gasteiger partial charge in [0.15, 0.2) is 5.17 Å². The van der Waals surface area contributed by atoms with E-state index in [4.69, 9.17) is 15.2 Å². The average molecular weight is 389 g/mol. The number of hydrogen-bond donors (Lipinski definition) is 1. The normalized spacial score (nSPS) is 19.4. The second-order valence-corrected chi connectivity index (χ2v) is 7.07. The number of hydrogen-bond acceptors (Lipinski definition) is 5. The van der Waals surface area contributed by atoms with Crippen LogP contribution >= 0.6 is 11.8 Å². The predicted octanol–water partition coefficient (Wildman–Crippen LogP) is 4.18. The molecule has 0 radical (unpaired) electrons. The van der Waals surface area contributed by atoms with Gasteiger partial charge in [0, 0.05) is 36.8 Å².